The maximum atomic E-state index is 12.0. The third-order valence-corrected chi connectivity index (χ3v) is 3.38. The van der Waals surface area contributed by atoms with Crippen LogP contribution in [0, 0.1) is 12.8 Å². The minimum absolute atomic E-state index is 0.0178. The average molecular weight is 264 g/mol. The number of nitrogens with one attached hydrogen (secondary N) is 1. The molecule has 2 rings (SSSR count). The lowest BCUT2D eigenvalue weighted by Gasteiger charge is -2.14. The van der Waals surface area contributed by atoms with Crippen molar-refractivity contribution in [3.8, 4) is 0 Å². The Bertz CT molecular complexity index is 587. The molecular weight excluding hydrogens is 248 g/mol. The summed E-state index contributed by atoms with van der Waals surface area (Å²) in [5.74, 6) is -1.70. The molecule has 1 aliphatic rings. The van der Waals surface area contributed by atoms with Crippen molar-refractivity contribution >= 4 is 11.9 Å². The van der Waals surface area contributed by atoms with E-state index in [-0.39, 0.29) is 11.5 Å². The Morgan fingerprint density at radius 1 is 1.47 bits per heavy atom. The number of aromatic nitrogens is 1. The zero-order valence-corrected chi connectivity index (χ0v) is 10.8. The Balaban J connectivity index is 2.22. The van der Waals surface area contributed by atoms with Crippen molar-refractivity contribution in [1.82, 2.24) is 9.88 Å². The fourth-order valence-corrected chi connectivity index (χ4v) is 1.93. The van der Waals surface area contributed by atoms with Crippen LogP contribution in [0.15, 0.2) is 17.1 Å². The Kier molecular flexibility index (Phi) is 3.42. The highest BCUT2D eigenvalue weighted by Crippen LogP contribution is 2.32. The molecule has 1 heterocycles. The van der Waals surface area contributed by atoms with Crippen molar-refractivity contribution in [3.63, 3.8) is 0 Å². The van der Waals surface area contributed by atoms with Gasteiger partial charge in [-0.25, -0.2) is 4.79 Å². The molecule has 1 aromatic heterocycles. The molecular formula is C13H16N2O4. The molecule has 0 radical (unpaired) electrons. The predicted octanol–water partition coefficient (Wildman–Crippen LogP) is 0.287. The van der Waals surface area contributed by atoms with Gasteiger partial charge in [-0.1, -0.05) is 0 Å². The van der Waals surface area contributed by atoms with Crippen LogP contribution in [0.2, 0.25) is 0 Å². The van der Waals surface area contributed by atoms with Gasteiger partial charge in [0.05, 0.1) is 0 Å². The van der Waals surface area contributed by atoms with Gasteiger partial charge >= 0.3 is 5.97 Å². The Labute approximate surface area is 110 Å². The largest absolute Gasteiger partial charge is 0.480 e. The van der Waals surface area contributed by atoms with Gasteiger partial charge in [-0.3, -0.25) is 9.59 Å². The second kappa shape index (κ2) is 4.87. The number of carbonyl (C=O) groups excluding carboxylic acids is 1. The minimum atomic E-state index is -1.06. The number of amides is 1. The van der Waals surface area contributed by atoms with E-state index in [0.717, 1.165) is 18.5 Å². The minimum Gasteiger partial charge on any atom is -0.480 e. The Hall–Kier alpha value is -2.11. The highest BCUT2D eigenvalue weighted by Gasteiger charge is 2.37. The van der Waals surface area contributed by atoms with Gasteiger partial charge in [-0.2, -0.15) is 0 Å². The second-order valence-corrected chi connectivity index (χ2v) is 4.93. The van der Waals surface area contributed by atoms with E-state index in [1.54, 1.807) is 18.5 Å². The summed E-state index contributed by atoms with van der Waals surface area (Å²) in [7, 11) is 1.72. The smallest absolute Gasteiger partial charge is 0.326 e. The van der Waals surface area contributed by atoms with Crippen LogP contribution in [0.5, 0.6) is 0 Å². The van der Waals surface area contributed by atoms with E-state index >= 15 is 0 Å². The van der Waals surface area contributed by atoms with Gasteiger partial charge in [0.25, 0.3) is 5.91 Å². The molecule has 1 aliphatic carbocycles. The molecule has 1 atom stereocenters. The molecule has 0 unspecified atom stereocenters. The predicted molar refractivity (Wildman–Crippen MR) is 68.0 cm³/mol. The van der Waals surface area contributed by atoms with Crippen LogP contribution >= 0.6 is 0 Å². The van der Waals surface area contributed by atoms with Crippen LogP contribution in [0.3, 0.4) is 0 Å². The van der Waals surface area contributed by atoms with Crippen molar-refractivity contribution in [2.45, 2.75) is 25.8 Å². The maximum Gasteiger partial charge on any atom is 0.326 e. The summed E-state index contributed by atoms with van der Waals surface area (Å²) in [6.45, 7) is 1.76. The molecule has 0 aromatic carbocycles. The van der Waals surface area contributed by atoms with Crippen molar-refractivity contribution in [2.75, 3.05) is 0 Å². The van der Waals surface area contributed by atoms with Crippen molar-refractivity contribution in [2.24, 2.45) is 13.0 Å². The van der Waals surface area contributed by atoms with E-state index in [9.17, 15) is 14.4 Å². The number of nitrogens with zero attached hydrogens (tertiary/aromatic N) is 1. The number of aliphatic carboxylic acids is 1. The highest BCUT2D eigenvalue weighted by atomic mass is 16.4. The number of pyridine rings is 1. The summed E-state index contributed by atoms with van der Waals surface area (Å²) in [5.41, 5.74) is 0.312. The Morgan fingerprint density at radius 2 is 2.11 bits per heavy atom. The van der Waals surface area contributed by atoms with Crippen LogP contribution in [-0.4, -0.2) is 27.6 Å². The molecule has 1 aromatic rings. The molecule has 1 amide bonds. The lowest BCUT2D eigenvalue weighted by molar-refractivity contribution is -0.139. The van der Waals surface area contributed by atoms with Gasteiger partial charge in [-0.15, -0.1) is 0 Å². The summed E-state index contributed by atoms with van der Waals surface area (Å²) >= 11 is 0. The van der Waals surface area contributed by atoms with Crippen molar-refractivity contribution in [3.05, 3.63) is 33.7 Å². The van der Waals surface area contributed by atoms with E-state index in [1.807, 2.05) is 0 Å². The number of carboxylic acid groups (broad SMARTS) is 1. The summed E-state index contributed by atoms with van der Waals surface area (Å²) in [6.07, 6.45) is 3.02. The molecule has 1 fully saturated rings. The zero-order valence-electron chi connectivity index (χ0n) is 10.8. The lowest BCUT2D eigenvalue weighted by atomic mass is 10.1. The normalized spacial score (nSPS) is 15.9. The standard InChI is InChI=1S/C13H16N2O4/c1-7-5-10(16)9(6-15(7)2)12(17)14-11(13(18)19)8-3-4-8/h5-6,8,11H,3-4H2,1-2H3,(H,14,17)(H,18,19)/t11-/m0/s1. The number of hydrogen-bond donors (Lipinski definition) is 2. The number of carbonyl (C=O) groups is 2. The van der Waals surface area contributed by atoms with E-state index < -0.39 is 23.3 Å². The molecule has 6 heteroatoms. The van der Waals surface area contributed by atoms with E-state index in [2.05, 4.69) is 5.32 Å². The van der Waals surface area contributed by atoms with E-state index in [1.165, 1.54) is 12.3 Å². The highest BCUT2D eigenvalue weighted by molar-refractivity contribution is 5.96. The number of rotatable bonds is 4. The SMILES string of the molecule is Cc1cc(=O)c(C(=O)N[C@H](C(=O)O)C2CC2)cn1C. The number of aryl methyl sites for hydroxylation is 2. The maximum absolute atomic E-state index is 12.0. The quantitative estimate of drug-likeness (QED) is 0.818. The molecule has 2 N–H and O–H groups in total. The first-order valence-electron chi connectivity index (χ1n) is 6.11. The van der Waals surface area contributed by atoms with Crippen LogP contribution < -0.4 is 10.7 Å². The molecule has 1 saturated carbocycles. The molecule has 0 bridgehead atoms. The summed E-state index contributed by atoms with van der Waals surface area (Å²) in [4.78, 5) is 34.8. The molecule has 6 nitrogen and oxygen atoms in total. The summed E-state index contributed by atoms with van der Waals surface area (Å²) in [5, 5.41) is 11.5. The topological polar surface area (TPSA) is 88.4 Å². The van der Waals surface area contributed by atoms with Gasteiger partial charge in [-0.05, 0) is 25.7 Å². The average Bonchev–Trinajstić information content (AvgIpc) is 3.14. The molecule has 0 spiro atoms. The number of hydrogen-bond acceptors (Lipinski definition) is 3. The van der Waals surface area contributed by atoms with E-state index in [4.69, 9.17) is 5.11 Å². The Morgan fingerprint density at radius 3 is 2.63 bits per heavy atom. The third-order valence-electron chi connectivity index (χ3n) is 3.38. The number of carboxylic acids is 1. The van der Waals surface area contributed by atoms with Gasteiger partial charge in [0.2, 0.25) is 0 Å². The van der Waals surface area contributed by atoms with Crippen LogP contribution in [0.25, 0.3) is 0 Å². The second-order valence-electron chi connectivity index (χ2n) is 4.93. The first-order chi connectivity index (χ1) is 8.90. The van der Waals surface area contributed by atoms with Gasteiger partial charge in [0.15, 0.2) is 5.43 Å². The van der Waals surface area contributed by atoms with Crippen LogP contribution in [0.1, 0.15) is 28.9 Å². The van der Waals surface area contributed by atoms with Crippen LogP contribution in [-0.2, 0) is 11.8 Å². The van der Waals surface area contributed by atoms with Crippen LogP contribution in [0.4, 0.5) is 0 Å². The monoisotopic (exact) mass is 264 g/mol. The fraction of sp³-hybridized carbons (Fsp3) is 0.462. The summed E-state index contributed by atoms with van der Waals surface area (Å²) in [6, 6.07) is 0.459. The van der Waals surface area contributed by atoms with Gasteiger partial charge < -0.3 is 15.0 Å². The van der Waals surface area contributed by atoms with E-state index in [0.29, 0.717) is 0 Å². The molecule has 102 valence electrons. The zero-order chi connectivity index (χ0) is 14.2. The summed E-state index contributed by atoms with van der Waals surface area (Å²) < 4.78 is 1.66. The van der Waals surface area contributed by atoms with Crippen molar-refractivity contribution < 1.29 is 14.7 Å². The van der Waals surface area contributed by atoms with Gasteiger partial charge in [0.1, 0.15) is 11.6 Å². The first kappa shape index (κ1) is 13.3. The van der Waals surface area contributed by atoms with Crippen molar-refractivity contribution in [1.29, 1.82) is 0 Å². The van der Waals surface area contributed by atoms with Gasteiger partial charge in [0, 0.05) is 25.0 Å². The first-order valence-corrected chi connectivity index (χ1v) is 6.11. The molecule has 0 aliphatic heterocycles. The lowest BCUT2D eigenvalue weighted by Crippen LogP contribution is -2.43. The third kappa shape index (κ3) is 2.83. The fourth-order valence-electron chi connectivity index (χ4n) is 1.93. The molecule has 0 saturated heterocycles. The molecule has 19 heavy (non-hydrogen) atoms.